The summed E-state index contributed by atoms with van der Waals surface area (Å²) in [6.07, 6.45) is 1.97. The maximum Gasteiger partial charge on any atom is 0.323 e. The molecule has 4 rings (SSSR count). The van der Waals surface area contributed by atoms with Crippen molar-refractivity contribution in [1.29, 1.82) is 0 Å². The highest BCUT2D eigenvalue weighted by Crippen LogP contribution is 2.33. The molecule has 0 bridgehead atoms. The average Bonchev–Trinajstić information content (AvgIpc) is 3.50. The van der Waals surface area contributed by atoms with Crippen molar-refractivity contribution in [3.05, 3.63) is 77.5 Å². The zero-order valence-electron chi connectivity index (χ0n) is 19.2. The quantitative estimate of drug-likeness (QED) is 0.422. The van der Waals surface area contributed by atoms with Gasteiger partial charge < -0.3 is 25.1 Å². The number of thioether (sulfide) groups is 1. The summed E-state index contributed by atoms with van der Waals surface area (Å²) in [6, 6.07) is 14.1. The number of para-hydroxylation sites is 1. The first-order valence-electron chi connectivity index (χ1n) is 11.1. The van der Waals surface area contributed by atoms with E-state index >= 15 is 0 Å². The summed E-state index contributed by atoms with van der Waals surface area (Å²) >= 11 is 1.62. The average molecular weight is 495 g/mol. The van der Waals surface area contributed by atoms with Gasteiger partial charge in [-0.1, -0.05) is 30.3 Å². The number of aliphatic carboxylic acids is 1. The van der Waals surface area contributed by atoms with Gasteiger partial charge in [-0.05, 0) is 36.2 Å². The lowest BCUT2D eigenvalue weighted by Gasteiger charge is -2.21. The smallest absolute Gasteiger partial charge is 0.323 e. The number of hydrogen-bond donors (Lipinski definition) is 3. The Morgan fingerprint density at radius 3 is 2.66 bits per heavy atom. The Kier molecular flexibility index (Phi) is 7.71. The summed E-state index contributed by atoms with van der Waals surface area (Å²) < 4.78 is 5.72. The molecule has 10 heteroatoms. The molecule has 3 N–H and O–H groups in total. The van der Waals surface area contributed by atoms with E-state index in [0.717, 1.165) is 16.8 Å². The number of rotatable bonds is 8. The second-order valence-corrected chi connectivity index (χ2v) is 9.21. The molecule has 9 nitrogen and oxygen atoms in total. The van der Waals surface area contributed by atoms with Gasteiger partial charge in [-0.2, -0.15) is 0 Å². The molecular weight excluding hydrogens is 468 g/mol. The van der Waals surface area contributed by atoms with Crippen LogP contribution in [0.4, 0.5) is 16.2 Å². The molecule has 35 heavy (non-hydrogen) atoms. The summed E-state index contributed by atoms with van der Waals surface area (Å²) in [6.45, 7) is 1.92. The molecule has 0 aliphatic carbocycles. The van der Waals surface area contributed by atoms with E-state index in [0.29, 0.717) is 29.0 Å². The highest BCUT2D eigenvalue weighted by Gasteiger charge is 2.33. The molecule has 1 atom stereocenters. The van der Waals surface area contributed by atoms with Gasteiger partial charge in [0.25, 0.3) is 0 Å². The number of oxazole rings is 1. The number of carboxylic acid groups (broad SMARTS) is 1. The zero-order chi connectivity index (χ0) is 24.8. The van der Waals surface area contributed by atoms with Crippen LogP contribution in [0.1, 0.15) is 35.2 Å². The molecule has 182 valence electrons. The Bertz CT molecular complexity index is 1210. The van der Waals surface area contributed by atoms with E-state index in [4.69, 9.17) is 9.52 Å². The third-order valence-electron chi connectivity index (χ3n) is 5.60. The van der Waals surface area contributed by atoms with Crippen LogP contribution in [-0.2, 0) is 22.4 Å². The third kappa shape index (κ3) is 6.42. The van der Waals surface area contributed by atoms with Gasteiger partial charge in [0.1, 0.15) is 11.8 Å². The molecular formula is C25H26N4O5S. The molecule has 0 saturated carbocycles. The number of carbonyl (C=O) groups is 3. The first-order valence-corrected chi connectivity index (χ1v) is 12.3. The van der Waals surface area contributed by atoms with Crippen LogP contribution in [0, 0.1) is 6.92 Å². The Labute approximate surface area is 206 Å². The van der Waals surface area contributed by atoms with E-state index in [1.807, 2.05) is 43.3 Å². The van der Waals surface area contributed by atoms with Crippen molar-refractivity contribution in [1.82, 2.24) is 9.88 Å². The van der Waals surface area contributed by atoms with Gasteiger partial charge >= 0.3 is 12.0 Å². The number of carboxylic acids is 1. The van der Waals surface area contributed by atoms with Crippen LogP contribution >= 0.6 is 11.8 Å². The van der Waals surface area contributed by atoms with Gasteiger partial charge in [-0.25, -0.2) is 9.78 Å². The second kappa shape index (κ2) is 11.1. The number of nitrogens with one attached hydrogen (secondary N) is 2. The number of nitrogens with zero attached hydrogens (tertiary/aromatic N) is 2. The van der Waals surface area contributed by atoms with E-state index in [-0.39, 0.29) is 37.2 Å². The first-order chi connectivity index (χ1) is 16.9. The summed E-state index contributed by atoms with van der Waals surface area (Å²) in [7, 11) is 0. The maximum atomic E-state index is 13.0. The summed E-state index contributed by atoms with van der Waals surface area (Å²) in [5.74, 6) is 1.19. The monoisotopic (exact) mass is 494 g/mol. The van der Waals surface area contributed by atoms with Gasteiger partial charge in [0, 0.05) is 23.5 Å². The van der Waals surface area contributed by atoms with Gasteiger partial charge in [0.2, 0.25) is 11.8 Å². The summed E-state index contributed by atoms with van der Waals surface area (Å²) in [5, 5.41) is 14.5. The van der Waals surface area contributed by atoms with Gasteiger partial charge in [0.05, 0.1) is 24.9 Å². The first kappa shape index (κ1) is 24.3. The molecule has 1 aliphatic heterocycles. The predicted molar refractivity (Wildman–Crippen MR) is 133 cm³/mol. The molecule has 1 aromatic heterocycles. The van der Waals surface area contributed by atoms with Crippen molar-refractivity contribution < 1.29 is 23.9 Å². The highest BCUT2D eigenvalue weighted by atomic mass is 32.2. The van der Waals surface area contributed by atoms with Crippen molar-refractivity contribution in [2.75, 3.05) is 22.3 Å². The lowest BCUT2D eigenvalue weighted by molar-refractivity contribution is -0.137. The van der Waals surface area contributed by atoms with E-state index < -0.39 is 5.97 Å². The molecule has 0 radical (unpaired) electrons. The van der Waals surface area contributed by atoms with Crippen molar-refractivity contribution in [2.45, 2.75) is 32.2 Å². The number of urea groups is 1. The molecule has 3 aromatic rings. The summed E-state index contributed by atoms with van der Waals surface area (Å²) in [4.78, 5) is 42.1. The van der Waals surface area contributed by atoms with Crippen LogP contribution in [0.5, 0.6) is 0 Å². The fourth-order valence-electron chi connectivity index (χ4n) is 3.70. The lowest BCUT2D eigenvalue weighted by atomic mass is 10.1. The topological polar surface area (TPSA) is 125 Å². The van der Waals surface area contributed by atoms with E-state index in [9.17, 15) is 14.4 Å². The molecule has 3 amide bonds. The van der Waals surface area contributed by atoms with Crippen molar-refractivity contribution in [3.63, 3.8) is 0 Å². The van der Waals surface area contributed by atoms with Gasteiger partial charge in [0.15, 0.2) is 0 Å². The Morgan fingerprint density at radius 1 is 1.14 bits per heavy atom. The van der Waals surface area contributed by atoms with Gasteiger partial charge in [-0.3, -0.25) is 9.59 Å². The zero-order valence-corrected chi connectivity index (χ0v) is 20.0. The molecule has 0 spiro atoms. The van der Waals surface area contributed by atoms with E-state index in [1.165, 1.54) is 6.20 Å². The number of hydrogen-bond acceptors (Lipinski definition) is 6. The molecule has 1 fully saturated rings. The van der Waals surface area contributed by atoms with Crippen molar-refractivity contribution in [3.8, 4) is 0 Å². The largest absolute Gasteiger partial charge is 0.481 e. The number of amides is 3. The van der Waals surface area contributed by atoms with Crippen LogP contribution < -0.4 is 10.6 Å². The van der Waals surface area contributed by atoms with Crippen LogP contribution in [0.25, 0.3) is 0 Å². The standard InChI is InChI=1S/C25H26N4O5S/c1-16-4-2-3-5-20(16)28-25(33)27-18-8-6-17(7-9-18)12-22(30)29-15-35-14-21(29)24-26-13-19(34-24)10-11-23(31)32/h2-9,13,21H,10-12,14-15H2,1H3,(H,31,32)(H2,27,28,33). The number of anilines is 2. The molecule has 2 aromatic carbocycles. The Balaban J connectivity index is 1.32. The fraction of sp³-hybridized carbons (Fsp3) is 0.280. The maximum absolute atomic E-state index is 13.0. The SMILES string of the molecule is Cc1ccccc1NC(=O)Nc1ccc(CC(=O)N2CSCC2c2ncc(CCC(=O)O)o2)cc1. The normalized spacial score (nSPS) is 15.1. The molecule has 1 saturated heterocycles. The Hall–Kier alpha value is -3.79. The minimum absolute atomic E-state index is 0.0326. The Morgan fingerprint density at radius 2 is 1.91 bits per heavy atom. The van der Waals surface area contributed by atoms with E-state index in [2.05, 4.69) is 15.6 Å². The van der Waals surface area contributed by atoms with Crippen LogP contribution in [0.2, 0.25) is 0 Å². The van der Waals surface area contributed by atoms with Crippen LogP contribution in [-0.4, -0.2) is 44.5 Å². The van der Waals surface area contributed by atoms with Gasteiger partial charge in [-0.15, -0.1) is 11.8 Å². The summed E-state index contributed by atoms with van der Waals surface area (Å²) in [5.41, 5.74) is 3.15. The second-order valence-electron chi connectivity index (χ2n) is 8.21. The highest BCUT2D eigenvalue weighted by molar-refractivity contribution is 7.99. The van der Waals surface area contributed by atoms with Crippen LogP contribution in [0.3, 0.4) is 0 Å². The third-order valence-corrected chi connectivity index (χ3v) is 6.62. The molecule has 1 aliphatic rings. The fourth-order valence-corrected chi connectivity index (χ4v) is 4.87. The van der Waals surface area contributed by atoms with Crippen molar-refractivity contribution >= 4 is 41.0 Å². The number of benzene rings is 2. The minimum Gasteiger partial charge on any atom is -0.481 e. The lowest BCUT2D eigenvalue weighted by Crippen LogP contribution is -2.32. The molecule has 2 heterocycles. The minimum atomic E-state index is -0.899. The predicted octanol–water partition coefficient (Wildman–Crippen LogP) is 4.46. The van der Waals surface area contributed by atoms with Crippen molar-refractivity contribution in [2.24, 2.45) is 0 Å². The van der Waals surface area contributed by atoms with E-state index in [1.54, 1.807) is 28.8 Å². The number of aromatic nitrogens is 1. The molecule has 1 unspecified atom stereocenters. The van der Waals surface area contributed by atoms with Crippen LogP contribution in [0.15, 0.2) is 59.1 Å². The number of carbonyl (C=O) groups excluding carboxylic acids is 2. The number of aryl methyl sites for hydroxylation is 2.